The quantitative estimate of drug-likeness (QED) is 0.503. The highest BCUT2D eigenvalue weighted by Crippen LogP contribution is 2.23. The topological polar surface area (TPSA) is 122 Å². The lowest BCUT2D eigenvalue weighted by Crippen LogP contribution is -2.15. The van der Waals surface area contributed by atoms with Crippen LogP contribution in [0.25, 0.3) is 0 Å². The first kappa shape index (κ1) is 18.8. The van der Waals surface area contributed by atoms with Crippen molar-refractivity contribution in [1.29, 1.82) is 0 Å². The van der Waals surface area contributed by atoms with Gasteiger partial charge in [-0.25, -0.2) is 4.98 Å². The summed E-state index contributed by atoms with van der Waals surface area (Å²) in [5, 5.41) is 9.08. The first-order chi connectivity index (χ1) is 13.5. The van der Waals surface area contributed by atoms with Crippen LogP contribution in [0.1, 0.15) is 22.8 Å². The Bertz CT molecular complexity index is 991. The normalized spacial score (nSPS) is 10.2. The van der Waals surface area contributed by atoms with Gasteiger partial charge < -0.3 is 21.7 Å². The number of nitrogens with two attached hydrogens (primary N) is 1. The summed E-state index contributed by atoms with van der Waals surface area (Å²) < 4.78 is 0. The SMILES string of the molecule is CC(=O)Nc1cccc(Nc2cc(NCc3cccnc3)c(C(N)=O)cn2)c1. The molecule has 0 saturated heterocycles. The minimum Gasteiger partial charge on any atom is -0.380 e. The van der Waals surface area contributed by atoms with Crippen LogP contribution in [0, 0.1) is 0 Å². The Morgan fingerprint density at radius 3 is 2.61 bits per heavy atom. The number of rotatable bonds is 7. The number of primary amides is 1. The van der Waals surface area contributed by atoms with E-state index in [1.54, 1.807) is 30.6 Å². The van der Waals surface area contributed by atoms with Crippen LogP contribution >= 0.6 is 0 Å². The van der Waals surface area contributed by atoms with E-state index in [1.807, 2.05) is 24.3 Å². The largest absolute Gasteiger partial charge is 0.380 e. The Morgan fingerprint density at radius 1 is 1.07 bits per heavy atom. The molecule has 5 N–H and O–H groups in total. The van der Waals surface area contributed by atoms with E-state index in [9.17, 15) is 9.59 Å². The first-order valence-corrected chi connectivity index (χ1v) is 8.58. The molecule has 0 aliphatic rings. The van der Waals surface area contributed by atoms with E-state index in [2.05, 4.69) is 25.9 Å². The molecule has 8 nitrogen and oxygen atoms in total. The summed E-state index contributed by atoms with van der Waals surface area (Å²) >= 11 is 0. The lowest BCUT2D eigenvalue weighted by Gasteiger charge is -2.13. The molecule has 0 radical (unpaired) electrons. The highest BCUT2D eigenvalue weighted by Gasteiger charge is 2.11. The van der Waals surface area contributed by atoms with E-state index in [1.165, 1.54) is 13.1 Å². The van der Waals surface area contributed by atoms with Crippen LogP contribution in [0.4, 0.5) is 22.9 Å². The van der Waals surface area contributed by atoms with Crippen molar-refractivity contribution in [2.45, 2.75) is 13.5 Å². The fraction of sp³-hybridized carbons (Fsp3) is 0.100. The second-order valence-electron chi connectivity index (χ2n) is 6.08. The molecular formula is C20H20N6O2. The minimum atomic E-state index is -0.569. The van der Waals surface area contributed by atoms with Crippen molar-refractivity contribution >= 4 is 34.7 Å². The standard InChI is InChI=1S/C20H20N6O2/c1-13(27)25-15-5-2-6-16(8-15)26-19-9-18(17(12-24-19)20(21)28)23-11-14-4-3-7-22-10-14/h2-10,12H,11H2,1H3,(H2,21,28)(H,25,27)(H2,23,24,26). The van der Waals surface area contributed by atoms with Crippen LogP contribution in [0.15, 0.2) is 61.1 Å². The van der Waals surface area contributed by atoms with E-state index in [0.29, 0.717) is 29.3 Å². The summed E-state index contributed by atoms with van der Waals surface area (Å²) in [6, 6.07) is 12.7. The fourth-order valence-electron chi connectivity index (χ4n) is 2.59. The monoisotopic (exact) mass is 376 g/mol. The van der Waals surface area contributed by atoms with Crippen molar-refractivity contribution in [2.75, 3.05) is 16.0 Å². The number of nitrogens with one attached hydrogen (secondary N) is 3. The number of hydrogen-bond acceptors (Lipinski definition) is 6. The zero-order chi connectivity index (χ0) is 19.9. The Hall–Kier alpha value is -3.94. The lowest BCUT2D eigenvalue weighted by atomic mass is 10.2. The molecule has 0 saturated carbocycles. The number of carbonyl (C=O) groups excluding carboxylic acids is 2. The maximum atomic E-state index is 11.7. The average molecular weight is 376 g/mol. The number of hydrogen-bond donors (Lipinski definition) is 4. The van der Waals surface area contributed by atoms with Crippen LogP contribution in [-0.4, -0.2) is 21.8 Å². The number of carbonyl (C=O) groups is 2. The third-order valence-electron chi connectivity index (χ3n) is 3.83. The molecule has 3 rings (SSSR count). The molecule has 2 amide bonds. The number of anilines is 4. The zero-order valence-electron chi connectivity index (χ0n) is 15.3. The van der Waals surface area contributed by atoms with Crippen LogP contribution < -0.4 is 21.7 Å². The molecule has 2 heterocycles. The molecule has 0 aliphatic heterocycles. The molecule has 3 aromatic rings. The maximum Gasteiger partial charge on any atom is 0.252 e. The average Bonchev–Trinajstić information content (AvgIpc) is 2.67. The number of aromatic nitrogens is 2. The number of amides is 2. The van der Waals surface area contributed by atoms with E-state index < -0.39 is 5.91 Å². The van der Waals surface area contributed by atoms with Gasteiger partial charge in [0.05, 0.1) is 11.3 Å². The van der Waals surface area contributed by atoms with Gasteiger partial charge in [0.15, 0.2) is 0 Å². The number of benzene rings is 1. The van der Waals surface area contributed by atoms with Gasteiger partial charge in [-0.3, -0.25) is 14.6 Å². The van der Waals surface area contributed by atoms with Crippen LogP contribution in [0.2, 0.25) is 0 Å². The molecule has 0 unspecified atom stereocenters. The fourth-order valence-corrected chi connectivity index (χ4v) is 2.59. The van der Waals surface area contributed by atoms with Crippen molar-refractivity contribution in [2.24, 2.45) is 5.73 Å². The van der Waals surface area contributed by atoms with Crippen molar-refractivity contribution < 1.29 is 9.59 Å². The maximum absolute atomic E-state index is 11.7. The summed E-state index contributed by atoms with van der Waals surface area (Å²) in [6.45, 7) is 1.93. The third-order valence-corrected chi connectivity index (χ3v) is 3.83. The molecular weight excluding hydrogens is 356 g/mol. The summed E-state index contributed by atoms with van der Waals surface area (Å²) in [5.41, 5.74) is 8.69. The number of nitrogens with zero attached hydrogens (tertiary/aromatic N) is 2. The van der Waals surface area contributed by atoms with Gasteiger partial charge in [-0.2, -0.15) is 0 Å². The molecule has 0 spiro atoms. The Labute approximate surface area is 162 Å². The molecule has 0 bridgehead atoms. The zero-order valence-corrected chi connectivity index (χ0v) is 15.3. The van der Waals surface area contributed by atoms with Gasteiger partial charge in [0.2, 0.25) is 5.91 Å². The van der Waals surface area contributed by atoms with Gasteiger partial charge in [0.1, 0.15) is 5.82 Å². The van der Waals surface area contributed by atoms with Crippen molar-refractivity contribution in [3.05, 3.63) is 72.2 Å². The highest BCUT2D eigenvalue weighted by atomic mass is 16.1. The minimum absolute atomic E-state index is 0.150. The molecule has 28 heavy (non-hydrogen) atoms. The van der Waals surface area contributed by atoms with Gasteiger partial charge in [-0.15, -0.1) is 0 Å². The molecule has 0 atom stereocenters. The van der Waals surface area contributed by atoms with Gasteiger partial charge in [0, 0.05) is 49.5 Å². The van der Waals surface area contributed by atoms with Crippen molar-refractivity contribution in [1.82, 2.24) is 9.97 Å². The summed E-state index contributed by atoms with van der Waals surface area (Å²) in [7, 11) is 0. The van der Waals surface area contributed by atoms with Crippen molar-refractivity contribution in [3.63, 3.8) is 0 Å². The van der Waals surface area contributed by atoms with Crippen molar-refractivity contribution in [3.8, 4) is 0 Å². The second-order valence-corrected chi connectivity index (χ2v) is 6.08. The number of pyridine rings is 2. The van der Waals surface area contributed by atoms with Crippen LogP contribution in [0.5, 0.6) is 0 Å². The van der Waals surface area contributed by atoms with Gasteiger partial charge in [-0.1, -0.05) is 12.1 Å². The summed E-state index contributed by atoms with van der Waals surface area (Å²) in [6.07, 6.45) is 4.86. The van der Waals surface area contributed by atoms with E-state index >= 15 is 0 Å². The molecule has 142 valence electrons. The van der Waals surface area contributed by atoms with Gasteiger partial charge in [0.25, 0.3) is 5.91 Å². The highest BCUT2D eigenvalue weighted by molar-refractivity contribution is 5.98. The van der Waals surface area contributed by atoms with E-state index in [-0.39, 0.29) is 5.91 Å². The molecule has 0 aliphatic carbocycles. The second kappa shape index (κ2) is 8.63. The third kappa shape index (κ3) is 5.04. The van der Waals surface area contributed by atoms with Gasteiger partial charge >= 0.3 is 0 Å². The smallest absolute Gasteiger partial charge is 0.252 e. The van der Waals surface area contributed by atoms with Crippen LogP contribution in [-0.2, 0) is 11.3 Å². The Balaban J connectivity index is 1.80. The molecule has 0 fully saturated rings. The summed E-state index contributed by atoms with van der Waals surface area (Å²) in [5.74, 6) is -0.193. The molecule has 8 heteroatoms. The molecule has 2 aromatic heterocycles. The van der Waals surface area contributed by atoms with E-state index in [4.69, 9.17) is 5.73 Å². The lowest BCUT2D eigenvalue weighted by molar-refractivity contribution is -0.114. The predicted octanol–water partition coefficient (Wildman–Crippen LogP) is 2.89. The predicted molar refractivity (Wildman–Crippen MR) is 108 cm³/mol. The van der Waals surface area contributed by atoms with Gasteiger partial charge in [-0.05, 0) is 29.8 Å². The molecule has 1 aromatic carbocycles. The first-order valence-electron chi connectivity index (χ1n) is 8.58. The Kier molecular flexibility index (Phi) is 5.81. The van der Waals surface area contributed by atoms with E-state index in [0.717, 1.165) is 11.3 Å². The summed E-state index contributed by atoms with van der Waals surface area (Å²) in [4.78, 5) is 31.3. The van der Waals surface area contributed by atoms with Crippen LogP contribution in [0.3, 0.4) is 0 Å². The Morgan fingerprint density at radius 2 is 1.89 bits per heavy atom.